The molecule has 1 rings (SSSR count). The number of aliphatic hydroxyl groups excluding tert-OH is 1. The Morgan fingerprint density at radius 1 is 1.44 bits per heavy atom. The maximum absolute atomic E-state index is 12.2. The molecule has 0 saturated heterocycles. The Kier molecular flexibility index (Phi) is 4.13. The first-order valence-corrected chi connectivity index (χ1v) is 5.55. The normalized spacial score (nSPS) is 11.3. The highest BCUT2D eigenvalue weighted by atomic mass is 16.4. The highest BCUT2D eigenvalue weighted by Gasteiger charge is 2.29. The molecule has 0 aliphatic rings. The Hall–Kier alpha value is -1.82. The van der Waals surface area contributed by atoms with Crippen molar-refractivity contribution in [3.05, 3.63) is 24.0 Å². The number of amides is 1. The largest absolute Gasteiger partial charge is 0.480 e. The Morgan fingerprint density at radius 3 is 2.56 bits per heavy atom. The van der Waals surface area contributed by atoms with Crippen molar-refractivity contribution in [1.82, 2.24) is 9.47 Å². The average molecular weight is 254 g/mol. The van der Waals surface area contributed by atoms with Crippen molar-refractivity contribution >= 4 is 11.9 Å². The second kappa shape index (κ2) is 5.22. The second-order valence-electron chi connectivity index (χ2n) is 4.75. The Bertz CT molecular complexity index is 451. The minimum Gasteiger partial charge on any atom is -0.480 e. The lowest BCUT2D eigenvalue weighted by Crippen LogP contribution is -2.48. The van der Waals surface area contributed by atoms with E-state index >= 15 is 0 Å². The molecule has 0 fully saturated rings. The number of aromatic nitrogens is 1. The smallest absolute Gasteiger partial charge is 0.323 e. The van der Waals surface area contributed by atoms with Crippen LogP contribution < -0.4 is 0 Å². The van der Waals surface area contributed by atoms with Crippen molar-refractivity contribution in [1.29, 1.82) is 0 Å². The van der Waals surface area contributed by atoms with Gasteiger partial charge in [-0.2, -0.15) is 0 Å². The number of rotatable bonds is 5. The van der Waals surface area contributed by atoms with Crippen LogP contribution in [0.1, 0.15) is 24.3 Å². The van der Waals surface area contributed by atoms with Crippen LogP contribution in [0, 0.1) is 0 Å². The molecule has 0 aliphatic heterocycles. The number of aliphatic hydroxyl groups is 1. The van der Waals surface area contributed by atoms with Crippen LogP contribution >= 0.6 is 0 Å². The molecule has 0 spiro atoms. The molecule has 0 bridgehead atoms. The zero-order valence-electron chi connectivity index (χ0n) is 10.8. The van der Waals surface area contributed by atoms with E-state index in [0.29, 0.717) is 5.69 Å². The van der Waals surface area contributed by atoms with Crippen molar-refractivity contribution in [3.8, 4) is 0 Å². The van der Waals surface area contributed by atoms with Gasteiger partial charge in [-0.1, -0.05) is 0 Å². The molecule has 0 atom stereocenters. The summed E-state index contributed by atoms with van der Waals surface area (Å²) in [6.07, 6.45) is 1.54. The zero-order chi connectivity index (χ0) is 13.9. The van der Waals surface area contributed by atoms with E-state index in [2.05, 4.69) is 0 Å². The van der Waals surface area contributed by atoms with E-state index in [9.17, 15) is 14.7 Å². The third-order valence-corrected chi connectivity index (χ3v) is 2.95. The molecule has 1 amide bonds. The van der Waals surface area contributed by atoms with E-state index in [1.807, 2.05) is 0 Å². The summed E-state index contributed by atoms with van der Waals surface area (Å²) in [4.78, 5) is 24.3. The predicted molar refractivity (Wildman–Crippen MR) is 65.3 cm³/mol. The number of carbonyl (C=O) groups is 2. The summed E-state index contributed by atoms with van der Waals surface area (Å²) in [7, 11) is 1.58. The van der Waals surface area contributed by atoms with Gasteiger partial charge in [-0.15, -0.1) is 0 Å². The summed E-state index contributed by atoms with van der Waals surface area (Å²) in [5, 5.41) is 18.0. The molecule has 0 radical (unpaired) electrons. The molecule has 6 heteroatoms. The monoisotopic (exact) mass is 254 g/mol. The molecule has 0 unspecified atom stereocenters. The summed E-state index contributed by atoms with van der Waals surface area (Å²) >= 11 is 0. The lowest BCUT2D eigenvalue weighted by Gasteiger charge is -2.34. The number of aliphatic carboxylic acids is 1. The first-order chi connectivity index (χ1) is 8.29. The van der Waals surface area contributed by atoms with Crippen molar-refractivity contribution in [2.45, 2.75) is 25.9 Å². The fraction of sp³-hybridized carbons (Fsp3) is 0.500. The molecule has 1 heterocycles. The van der Waals surface area contributed by atoms with Crippen molar-refractivity contribution in [3.63, 3.8) is 0 Å². The number of carboxylic acid groups (broad SMARTS) is 1. The van der Waals surface area contributed by atoms with E-state index in [-0.39, 0.29) is 19.1 Å². The first-order valence-electron chi connectivity index (χ1n) is 5.55. The third kappa shape index (κ3) is 2.89. The van der Waals surface area contributed by atoms with Crippen LogP contribution in [-0.4, -0.2) is 50.8 Å². The highest BCUT2D eigenvalue weighted by molar-refractivity contribution is 5.93. The molecule has 0 saturated carbocycles. The zero-order valence-corrected chi connectivity index (χ0v) is 10.8. The molecule has 6 nitrogen and oxygen atoms in total. The topological polar surface area (TPSA) is 82.8 Å². The number of carboxylic acids is 1. The van der Waals surface area contributed by atoms with E-state index < -0.39 is 11.5 Å². The molecule has 2 N–H and O–H groups in total. The number of likely N-dealkylation sites (N-methyl/N-ethyl adjacent to an activating group) is 1. The number of carbonyl (C=O) groups excluding carboxylic acids is 1. The summed E-state index contributed by atoms with van der Waals surface area (Å²) in [5.74, 6) is -1.33. The summed E-state index contributed by atoms with van der Waals surface area (Å²) < 4.78 is 1.37. The van der Waals surface area contributed by atoms with Crippen molar-refractivity contribution in [2.75, 3.05) is 13.7 Å². The van der Waals surface area contributed by atoms with Gasteiger partial charge in [0, 0.05) is 13.2 Å². The maximum Gasteiger partial charge on any atom is 0.323 e. The van der Waals surface area contributed by atoms with Gasteiger partial charge in [0.2, 0.25) is 0 Å². The molecule has 0 aliphatic carbocycles. The van der Waals surface area contributed by atoms with Crippen LogP contribution in [0.15, 0.2) is 18.3 Å². The average Bonchev–Trinajstić information content (AvgIpc) is 2.74. The lowest BCUT2D eigenvalue weighted by molar-refractivity contribution is -0.137. The maximum atomic E-state index is 12.2. The fourth-order valence-electron chi connectivity index (χ4n) is 1.44. The van der Waals surface area contributed by atoms with E-state index in [1.165, 1.54) is 9.47 Å². The Balaban J connectivity index is 2.97. The second-order valence-corrected chi connectivity index (χ2v) is 4.75. The first kappa shape index (κ1) is 14.2. The lowest BCUT2D eigenvalue weighted by atomic mass is 10.0. The minimum absolute atomic E-state index is 0.172. The number of hydrogen-bond donors (Lipinski definition) is 2. The van der Waals surface area contributed by atoms with Crippen LogP contribution in [0.3, 0.4) is 0 Å². The van der Waals surface area contributed by atoms with Crippen LogP contribution in [0.25, 0.3) is 0 Å². The molecular weight excluding hydrogens is 236 g/mol. The van der Waals surface area contributed by atoms with Gasteiger partial charge in [-0.05, 0) is 26.0 Å². The number of hydrogen-bond acceptors (Lipinski definition) is 3. The molecule has 1 aromatic heterocycles. The molecule has 1 aromatic rings. The molecular formula is C12H18N2O4. The van der Waals surface area contributed by atoms with E-state index in [4.69, 9.17) is 5.11 Å². The third-order valence-electron chi connectivity index (χ3n) is 2.95. The van der Waals surface area contributed by atoms with Crippen molar-refractivity contribution < 1.29 is 19.8 Å². The van der Waals surface area contributed by atoms with Gasteiger partial charge in [0.15, 0.2) is 0 Å². The Morgan fingerprint density at radius 2 is 2.06 bits per heavy atom. The van der Waals surface area contributed by atoms with Gasteiger partial charge in [-0.25, -0.2) is 0 Å². The molecule has 0 aromatic carbocycles. The van der Waals surface area contributed by atoms with Crippen molar-refractivity contribution in [2.24, 2.45) is 0 Å². The minimum atomic E-state index is -1.01. The molecule has 18 heavy (non-hydrogen) atoms. The van der Waals surface area contributed by atoms with Gasteiger partial charge >= 0.3 is 5.97 Å². The van der Waals surface area contributed by atoms with E-state index in [0.717, 1.165) is 0 Å². The van der Waals surface area contributed by atoms with Gasteiger partial charge in [0.1, 0.15) is 12.2 Å². The van der Waals surface area contributed by atoms with Crippen LogP contribution in [0.2, 0.25) is 0 Å². The van der Waals surface area contributed by atoms with Gasteiger partial charge in [0.05, 0.1) is 12.1 Å². The summed E-state index contributed by atoms with van der Waals surface area (Å²) in [5.41, 5.74) is -0.406. The summed E-state index contributed by atoms with van der Waals surface area (Å²) in [6.45, 7) is 3.03. The fourth-order valence-corrected chi connectivity index (χ4v) is 1.44. The van der Waals surface area contributed by atoms with Gasteiger partial charge in [-0.3, -0.25) is 9.59 Å². The standard InChI is InChI=1S/C12H18N2O4/c1-12(2,8-15)13(3)11(18)9-5-4-6-14(9)7-10(16)17/h4-6,15H,7-8H2,1-3H3,(H,16,17). The predicted octanol–water partition coefficient (Wildman–Crippen LogP) is 0.416. The van der Waals surface area contributed by atoms with Gasteiger partial charge in [0.25, 0.3) is 5.91 Å². The molecule has 100 valence electrons. The highest BCUT2D eigenvalue weighted by Crippen LogP contribution is 2.15. The van der Waals surface area contributed by atoms with Crippen LogP contribution in [-0.2, 0) is 11.3 Å². The number of nitrogens with zero attached hydrogens (tertiary/aromatic N) is 2. The van der Waals surface area contributed by atoms with Crippen LogP contribution in [0.4, 0.5) is 0 Å². The van der Waals surface area contributed by atoms with Gasteiger partial charge < -0.3 is 19.7 Å². The summed E-state index contributed by atoms with van der Waals surface area (Å²) in [6, 6.07) is 3.19. The SMILES string of the molecule is CN(C(=O)c1cccn1CC(=O)O)C(C)(C)CO. The van der Waals surface area contributed by atoms with E-state index in [1.54, 1.807) is 39.2 Å². The van der Waals surface area contributed by atoms with Crippen LogP contribution in [0.5, 0.6) is 0 Å². The quantitative estimate of drug-likeness (QED) is 0.797. The Labute approximate surface area is 105 Å².